The lowest BCUT2D eigenvalue weighted by Gasteiger charge is -2.45. The first-order valence-corrected chi connectivity index (χ1v) is 10.1. The zero-order valence-electron chi connectivity index (χ0n) is 15.3. The number of aryl methyl sites for hydroxylation is 1. The molecule has 2 aliphatic heterocycles. The summed E-state index contributed by atoms with van der Waals surface area (Å²) in [4.78, 5) is 7.53. The first-order chi connectivity index (χ1) is 11.8. The van der Waals surface area contributed by atoms with E-state index in [1.807, 2.05) is 0 Å². The molecular formula is C20H33N3O. The van der Waals surface area contributed by atoms with Crippen LogP contribution in [0.15, 0.2) is 6.20 Å². The normalized spacial score (nSPS) is 25.5. The van der Waals surface area contributed by atoms with E-state index in [-0.39, 0.29) is 0 Å². The second-order valence-corrected chi connectivity index (χ2v) is 8.22. The third-order valence-electron chi connectivity index (χ3n) is 6.44. The van der Waals surface area contributed by atoms with Gasteiger partial charge >= 0.3 is 0 Å². The minimum absolute atomic E-state index is 0.602. The molecule has 2 saturated heterocycles. The molecular weight excluding hydrogens is 298 g/mol. The molecule has 4 rings (SSSR count). The lowest BCUT2D eigenvalue weighted by molar-refractivity contribution is 0.0350. The number of aromatic nitrogens is 2. The molecule has 0 unspecified atom stereocenters. The summed E-state index contributed by atoms with van der Waals surface area (Å²) in [6, 6.07) is 0.877. The van der Waals surface area contributed by atoms with Gasteiger partial charge in [-0.25, -0.2) is 4.98 Å². The summed E-state index contributed by atoms with van der Waals surface area (Å²) in [5.41, 5.74) is 1.34. The second kappa shape index (κ2) is 7.57. The third-order valence-corrected chi connectivity index (χ3v) is 6.44. The summed E-state index contributed by atoms with van der Waals surface area (Å²) >= 11 is 0. The summed E-state index contributed by atoms with van der Waals surface area (Å²) in [7, 11) is 0. The Hall–Kier alpha value is -0.870. The monoisotopic (exact) mass is 331 g/mol. The minimum Gasteiger partial charge on any atom is -0.381 e. The standard InChI is InChI=1S/C20H33N3O/c1-16-12-21-20(18-8-10-24-11-9-18)23(16)15-17-13-22(14-17)19-6-4-2-3-5-7-19/h12,17-19H,2-11,13-15H2,1H3. The smallest absolute Gasteiger partial charge is 0.112 e. The van der Waals surface area contributed by atoms with Crippen LogP contribution < -0.4 is 0 Å². The van der Waals surface area contributed by atoms with Gasteiger partial charge in [0.2, 0.25) is 0 Å². The van der Waals surface area contributed by atoms with Gasteiger partial charge in [0.25, 0.3) is 0 Å². The van der Waals surface area contributed by atoms with Crippen molar-refractivity contribution in [3.05, 3.63) is 17.7 Å². The molecule has 0 N–H and O–H groups in total. The highest BCUT2D eigenvalue weighted by Gasteiger charge is 2.33. The van der Waals surface area contributed by atoms with Gasteiger partial charge in [0, 0.05) is 62.6 Å². The molecule has 134 valence electrons. The van der Waals surface area contributed by atoms with Crippen molar-refractivity contribution in [2.24, 2.45) is 5.92 Å². The molecule has 24 heavy (non-hydrogen) atoms. The van der Waals surface area contributed by atoms with Crippen LogP contribution in [0, 0.1) is 12.8 Å². The highest BCUT2D eigenvalue weighted by molar-refractivity contribution is 5.09. The van der Waals surface area contributed by atoms with Crippen molar-refractivity contribution in [3.8, 4) is 0 Å². The van der Waals surface area contributed by atoms with Crippen LogP contribution in [0.5, 0.6) is 0 Å². The summed E-state index contributed by atoms with van der Waals surface area (Å²) < 4.78 is 8.05. The molecule has 0 bridgehead atoms. The molecule has 4 heteroatoms. The SMILES string of the molecule is Cc1cnc(C2CCOCC2)n1CC1CN(C2CCCCCC2)C1. The Morgan fingerprint density at radius 1 is 1.04 bits per heavy atom. The number of rotatable bonds is 4. The van der Waals surface area contributed by atoms with Crippen molar-refractivity contribution in [2.45, 2.75) is 76.8 Å². The second-order valence-electron chi connectivity index (χ2n) is 8.22. The van der Waals surface area contributed by atoms with Crippen molar-refractivity contribution in [2.75, 3.05) is 26.3 Å². The van der Waals surface area contributed by atoms with Crippen LogP contribution >= 0.6 is 0 Å². The zero-order valence-corrected chi connectivity index (χ0v) is 15.3. The van der Waals surface area contributed by atoms with E-state index in [0.717, 1.165) is 38.0 Å². The van der Waals surface area contributed by atoms with E-state index < -0.39 is 0 Å². The number of ether oxygens (including phenoxy) is 1. The molecule has 0 atom stereocenters. The molecule has 1 saturated carbocycles. The number of hydrogen-bond donors (Lipinski definition) is 0. The van der Waals surface area contributed by atoms with Crippen LogP contribution in [-0.4, -0.2) is 46.8 Å². The minimum atomic E-state index is 0.602. The lowest BCUT2D eigenvalue weighted by atomic mass is 9.93. The molecule has 1 aromatic heterocycles. The largest absolute Gasteiger partial charge is 0.381 e. The van der Waals surface area contributed by atoms with E-state index in [1.54, 1.807) is 0 Å². The fourth-order valence-electron chi connectivity index (χ4n) is 4.90. The summed E-state index contributed by atoms with van der Waals surface area (Å²) in [6.07, 6.45) is 13.0. The summed E-state index contributed by atoms with van der Waals surface area (Å²) in [6.45, 7) is 7.79. The van der Waals surface area contributed by atoms with Crippen LogP contribution in [0.25, 0.3) is 0 Å². The van der Waals surface area contributed by atoms with Crippen LogP contribution in [0.2, 0.25) is 0 Å². The lowest BCUT2D eigenvalue weighted by Crippen LogP contribution is -2.53. The topological polar surface area (TPSA) is 30.3 Å². The van der Waals surface area contributed by atoms with E-state index in [0.29, 0.717) is 5.92 Å². The molecule has 1 aliphatic carbocycles. The molecule has 0 spiro atoms. The van der Waals surface area contributed by atoms with Gasteiger partial charge in [-0.1, -0.05) is 25.7 Å². The van der Waals surface area contributed by atoms with Crippen molar-refractivity contribution >= 4 is 0 Å². The maximum atomic E-state index is 5.53. The van der Waals surface area contributed by atoms with Gasteiger partial charge in [0.05, 0.1) is 0 Å². The van der Waals surface area contributed by atoms with Crippen LogP contribution in [-0.2, 0) is 11.3 Å². The van der Waals surface area contributed by atoms with E-state index in [2.05, 4.69) is 22.6 Å². The third kappa shape index (κ3) is 3.55. The number of nitrogens with zero attached hydrogens (tertiary/aromatic N) is 3. The van der Waals surface area contributed by atoms with Crippen molar-refractivity contribution in [1.29, 1.82) is 0 Å². The molecule has 0 aromatic carbocycles. The average Bonchev–Trinajstić information content (AvgIpc) is 2.77. The van der Waals surface area contributed by atoms with E-state index in [9.17, 15) is 0 Å². The predicted molar refractivity (Wildman–Crippen MR) is 96.3 cm³/mol. The van der Waals surface area contributed by atoms with E-state index >= 15 is 0 Å². The zero-order chi connectivity index (χ0) is 16.4. The quantitative estimate of drug-likeness (QED) is 0.787. The van der Waals surface area contributed by atoms with Gasteiger partial charge in [-0.05, 0) is 32.6 Å². The van der Waals surface area contributed by atoms with E-state index in [4.69, 9.17) is 9.72 Å². The predicted octanol–water partition coefficient (Wildman–Crippen LogP) is 3.74. The maximum absolute atomic E-state index is 5.53. The Morgan fingerprint density at radius 2 is 1.75 bits per heavy atom. The maximum Gasteiger partial charge on any atom is 0.112 e. The first kappa shape index (κ1) is 16.6. The molecule has 3 heterocycles. The van der Waals surface area contributed by atoms with Gasteiger partial charge in [0.15, 0.2) is 0 Å². The Balaban J connectivity index is 1.34. The van der Waals surface area contributed by atoms with Gasteiger partial charge in [-0.2, -0.15) is 0 Å². The molecule has 3 fully saturated rings. The average molecular weight is 332 g/mol. The highest BCUT2D eigenvalue weighted by atomic mass is 16.5. The first-order valence-electron chi connectivity index (χ1n) is 10.1. The molecule has 0 amide bonds. The Morgan fingerprint density at radius 3 is 2.46 bits per heavy atom. The van der Waals surface area contributed by atoms with Gasteiger partial charge in [-0.15, -0.1) is 0 Å². The Kier molecular flexibility index (Phi) is 5.23. The molecule has 3 aliphatic rings. The van der Waals surface area contributed by atoms with Crippen molar-refractivity contribution in [3.63, 3.8) is 0 Å². The van der Waals surface area contributed by atoms with Crippen LogP contribution in [0.3, 0.4) is 0 Å². The molecule has 0 radical (unpaired) electrons. The summed E-state index contributed by atoms with van der Waals surface area (Å²) in [5, 5.41) is 0. The number of hydrogen-bond acceptors (Lipinski definition) is 3. The van der Waals surface area contributed by atoms with Crippen molar-refractivity contribution in [1.82, 2.24) is 14.5 Å². The van der Waals surface area contributed by atoms with Gasteiger partial charge in [0.1, 0.15) is 5.82 Å². The Bertz CT molecular complexity index is 521. The van der Waals surface area contributed by atoms with Gasteiger partial charge in [-0.3, -0.25) is 4.90 Å². The number of likely N-dealkylation sites (tertiary alicyclic amines) is 1. The molecule has 1 aromatic rings. The van der Waals surface area contributed by atoms with Crippen LogP contribution in [0.4, 0.5) is 0 Å². The fraction of sp³-hybridized carbons (Fsp3) is 0.850. The summed E-state index contributed by atoms with van der Waals surface area (Å²) in [5.74, 6) is 2.74. The van der Waals surface area contributed by atoms with Crippen molar-refractivity contribution < 1.29 is 4.74 Å². The number of imidazole rings is 1. The Labute approximate surface area is 146 Å². The molecule has 4 nitrogen and oxygen atoms in total. The van der Waals surface area contributed by atoms with Crippen LogP contribution in [0.1, 0.15) is 68.8 Å². The fourth-order valence-corrected chi connectivity index (χ4v) is 4.90. The van der Waals surface area contributed by atoms with E-state index in [1.165, 1.54) is 69.7 Å². The highest BCUT2D eigenvalue weighted by Crippen LogP contribution is 2.31. The van der Waals surface area contributed by atoms with Gasteiger partial charge < -0.3 is 9.30 Å².